The summed E-state index contributed by atoms with van der Waals surface area (Å²) in [4.78, 5) is 17.1. The molecule has 1 N–H and O–H groups in total. The number of halogens is 1. The van der Waals surface area contributed by atoms with Crippen molar-refractivity contribution >= 4 is 38.6 Å². The van der Waals surface area contributed by atoms with Crippen LogP contribution in [0.2, 0.25) is 0 Å². The van der Waals surface area contributed by atoms with Crippen LogP contribution >= 0.6 is 15.9 Å². The minimum absolute atomic E-state index is 0.226. The van der Waals surface area contributed by atoms with E-state index in [2.05, 4.69) is 26.2 Å². The van der Waals surface area contributed by atoms with Crippen LogP contribution in [0.1, 0.15) is 10.4 Å². The third kappa shape index (κ3) is 3.57. The molecule has 0 aliphatic heterocycles. The van der Waals surface area contributed by atoms with Gasteiger partial charge in [-0.2, -0.15) is 0 Å². The number of aromatic nitrogens is 1. The summed E-state index contributed by atoms with van der Waals surface area (Å²) in [5.41, 5.74) is 3.34. The van der Waals surface area contributed by atoms with Gasteiger partial charge in [0, 0.05) is 15.6 Å². The van der Waals surface area contributed by atoms with E-state index in [1.54, 1.807) is 31.4 Å². The number of nitrogens with one attached hydrogen (secondary N) is 1. The molecule has 27 heavy (non-hydrogen) atoms. The number of carbonyl (C=O) groups excluding carboxylic acids is 1. The zero-order chi connectivity index (χ0) is 18.8. The molecule has 5 nitrogen and oxygen atoms in total. The standard InChI is InChI=1S/C21H15BrN2O3/c1-26-18-11-8-14(21-24-16-4-2-3-5-19(16)27-21)12-17(18)23-20(25)13-6-9-15(22)10-7-13/h2-12H,1H3,(H,23,25). The van der Waals surface area contributed by atoms with Crippen molar-refractivity contribution in [3.63, 3.8) is 0 Å². The predicted molar refractivity (Wildman–Crippen MR) is 108 cm³/mol. The van der Waals surface area contributed by atoms with E-state index in [-0.39, 0.29) is 5.91 Å². The number of carbonyl (C=O) groups is 1. The molecule has 1 heterocycles. The van der Waals surface area contributed by atoms with Crippen molar-refractivity contribution in [2.24, 2.45) is 0 Å². The molecule has 0 aliphatic carbocycles. The molecule has 134 valence electrons. The second kappa shape index (κ2) is 7.25. The molecule has 4 rings (SSSR count). The number of fused-ring (bicyclic) bond motifs is 1. The number of benzene rings is 3. The van der Waals surface area contributed by atoms with E-state index in [0.717, 1.165) is 15.6 Å². The normalized spacial score (nSPS) is 10.7. The van der Waals surface area contributed by atoms with E-state index in [1.807, 2.05) is 42.5 Å². The number of rotatable bonds is 4. The number of hydrogen-bond acceptors (Lipinski definition) is 4. The summed E-state index contributed by atoms with van der Waals surface area (Å²) >= 11 is 3.36. The molecule has 6 heteroatoms. The summed E-state index contributed by atoms with van der Waals surface area (Å²) in [6, 6.07) is 20.1. The molecule has 0 radical (unpaired) electrons. The molecule has 3 aromatic carbocycles. The van der Waals surface area contributed by atoms with Crippen molar-refractivity contribution in [1.29, 1.82) is 0 Å². The number of ether oxygens (including phenoxy) is 1. The van der Waals surface area contributed by atoms with Crippen LogP contribution in [0.4, 0.5) is 5.69 Å². The number of methoxy groups -OCH3 is 1. The molecule has 1 aromatic heterocycles. The fourth-order valence-corrected chi connectivity index (χ4v) is 2.99. The Morgan fingerprint density at radius 1 is 1.07 bits per heavy atom. The van der Waals surface area contributed by atoms with Gasteiger partial charge in [0.15, 0.2) is 5.58 Å². The van der Waals surface area contributed by atoms with E-state index in [1.165, 1.54) is 0 Å². The highest BCUT2D eigenvalue weighted by Crippen LogP contribution is 2.32. The molecule has 1 amide bonds. The predicted octanol–water partition coefficient (Wildman–Crippen LogP) is 5.52. The first-order valence-corrected chi connectivity index (χ1v) is 9.04. The topological polar surface area (TPSA) is 64.4 Å². The van der Waals surface area contributed by atoms with E-state index in [0.29, 0.717) is 28.5 Å². The highest BCUT2D eigenvalue weighted by molar-refractivity contribution is 9.10. The van der Waals surface area contributed by atoms with Gasteiger partial charge in [-0.05, 0) is 54.6 Å². The Bertz CT molecular complexity index is 1090. The number of nitrogens with zero attached hydrogens (tertiary/aromatic N) is 1. The molecule has 0 bridgehead atoms. The van der Waals surface area contributed by atoms with Crippen LogP contribution < -0.4 is 10.1 Å². The minimum atomic E-state index is -0.226. The maximum absolute atomic E-state index is 12.6. The Labute approximate surface area is 164 Å². The van der Waals surface area contributed by atoms with Crippen LogP contribution in [-0.2, 0) is 0 Å². The Balaban J connectivity index is 1.68. The molecule has 4 aromatic rings. The molecule has 0 aliphatic rings. The monoisotopic (exact) mass is 422 g/mol. The van der Waals surface area contributed by atoms with Crippen LogP contribution in [0.3, 0.4) is 0 Å². The van der Waals surface area contributed by atoms with Crippen molar-refractivity contribution in [3.05, 3.63) is 76.8 Å². The molecule has 0 atom stereocenters. The second-order valence-electron chi connectivity index (χ2n) is 5.86. The fraction of sp³-hybridized carbons (Fsp3) is 0.0476. The first-order chi connectivity index (χ1) is 13.1. The van der Waals surface area contributed by atoms with Crippen molar-refractivity contribution in [2.45, 2.75) is 0 Å². The quantitative estimate of drug-likeness (QED) is 0.470. The van der Waals surface area contributed by atoms with Crippen LogP contribution in [0, 0.1) is 0 Å². The summed E-state index contributed by atoms with van der Waals surface area (Å²) in [5.74, 6) is 0.814. The van der Waals surface area contributed by atoms with E-state index < -0.39 is 0 Å². The van der Waals surface area contributed by atoms with Crippen LogP contribution in [0.25, 0.3) is 22.6 Å². The molecule has 0 saturated heterocycles. The SMILES string of the molecule is COc1ccc(-c2nc3ccccc3o2)cc1NC(=O)c1ccc(Br)cc1. The lowest BCUT2D eigenvalue weighted by Gasteiger charge is -2.11. The van der Waals surface area contributed by atoms with Gasteiger partial charge in [-0.15, -0.1) is 0 Å². The maximum atomic E-state index is 12.6. The smallest absolute Gasteiger partial charge is 0.255 e. The molecular formula is C21H15BrN2O3. The van der Waals surface area contributed by atoms with Gasteiger partial charge in [0.05, 0.1) is 12.8 Å². The van der Waals surface area contributed by atoms with E-state index in [4.69, 9.17) is 9.15 Å². The van der Waals surface area contributed by atoms with Crippen molar-refractivity contribution in [3.8, 4) is 17.2 Å². The summed E-state index contributed by atoms with van der Waals surface area (Å²) in [5, 5.41) is 2.89. The lowest BCUT2D eigenvalue weighted by molar-refractivity contribution is 0.102. The first kappa shape index (κ1) is 17.3. The Morgan fingerprint density at radius 2 is 1.85 bits per heavy atom. The lowest BCUT2D eigenvalue weighted by atomic mass is 10.1. The van der Waals surface area contributed by atoms with Gasteiger partial charge in [-0.25, -0.2) is 4.98 Å². The highest BCUT2D eigenvalue weighted by atomic mass is 79.9. The molecule has 0 spiro atoms. The number of para-hydroxylation sites is 2. The zero-order valence-electron chi connectivity index (χ0n) is 14.4. The van der Waals surface area contributed by atoms with Gasteiger partial charge in [-0.3, -0.25) is 4.79 Å². The Hall–Kier alpha value is -3.12. The van der Waals surface area contributed by atoms with Crippen LogP contribution in [0.15, 0.2) is 75.6 Å². The summed E-state index contributed by atoms with van der Waals surface area (Å²) in [6.45, 7) is 0. The Morgan fingerprint density at radius 3 is 2.59 bits per heavy atom. The van der Waals surface area contributed by atoms with Crippen molar-refractivity contribution in [1.82, 2.24) is 4.98 Å². The number of amides is 1. The third-order valence-corrected chi connectivity index (χ3v) is 4.62. The second-order valence-corrected chi connectivity index (χ2v) is 6.78. The first-order valence-electron chi connectivity index (χ1n) is 8.25. The maximum Gasteiger partial charge on any atom is 0.255 e. The van der Waals surface area contributed by atoms with E-state index in [9.17, 15) is 4.79 Å². The van der Waals surface area contributed by atoms with Gasteiger partial charge < -0.3 is 14.5 Å². The van der Waals surface area contributed by atoms with Crippen molar-refractivity contribution < 1.29 is 13.9 Å². The van der Waals surface area contributed by atoms with Gasteiger partial charge in [0.2, 0.25) is 5.89 Å². The highest BCUT2D eigenvalue weighted by Gasteiger charge is 2.14. The van der Waals surface area contributed by atoms with Crippen LogP contribution in [-0.4, -0.2) is 18.0 Å². The van der Waals surface area contributed by atoms with Gasteiger partial charge >= 0.3 is 0 Å². The largest absolute Gasteiger partial charge is 0.495 e. The minimum Gasteiger partial charge on any atom is -0.495 e. The molecule has 0 unspecified atom stereocenters. The van der Waals surface area contributed by atoms with Gasteiger partial charge in [0.25, 0.3) is 5.91 Å². The number of anilines is 1. The Kier molecular flexibility index (Phi) is 4.64. The lowest BCUT2D eigenvalue weighted by Crippen LogP contribution is -2.12. The average Bonchev–Trinajstić information content (AvgIpc) is 3.12. The third-order valence-electron chi connectivity index (χ3n) is 4.09. The van der Waals surface area contributed by atoms with E-state index >= 15 is 0 Å². The summed E-state index contributed by atoms with van der Waals surface area (Å²) in [7, 11) is 1.56. The molecule has 0 saturated carbocycles. The fourth-order valence-electron chi connectivity index (χ4n) is 2.73. The zero-order valence-corrected chi connectivity index (χ0v) is 16.0. The average molecular weight is 423 g/mol. The van der Waals surface area contributed by atoms with Crippen LogP contribution in [0.5, 0.6) is 5.75 Å². The van der Waals surface area contributed by atoms with Crippen molar-refractivity contribution in [2.75, 3.05) is 12.4 Å². The summed E-state index contributed by atoms with van der Waals surface area (Å²) < 4.78 is 12.1. The number of oxazole rings is 1. The number of hydrogen-bond donors (Lipinski definition) is 1. The van der Waals surface area contributed by atoms with Gasteiger partial charge in [0.1, 0.15) is 11.3 Å². The molecular weight excluding hydrogens is 408 g/mol. The van der Waals surface area contributed by atoms with Gasteiger partial charge in [-0.1, -0.05) is 28.1 Å². The summed E-state index contributed by atoms with van der Waals surface area (Å²) in [6.07, 6.45) is 0. The molecule has 0 fully saturated rings.